The normalized spacial score (nSPS) is 12.7. The van der Waals surface area contributed by atoms with E-state index >= 15 is 0 Å². The van der Waals surface area contributed by atoms with Crippen LogP contribution in [0.5, 0.6) is 17.4 Å². The van der Waals surface area contributed by atoms with Crippen LogP contribution in [0.25, 0.3) is 0 Å². The predicted octanol–water partition coefficient (Wildman–Crippen LogP) is 5.64. The first-order valence-corrected chi connectivity index (χ1v) is 12.3. The first kappa shape index (κ1) is 24.8. The number of nitrogens with one attached hydrogen (secondary N) is 1. The summed E-state index contributed by atoms with van der Waals surface area (Å²) in [5, 5.41) is 31.9. The van der Waals surface area contributed by atoms with E-state index in [-0.39, 0.29) is 5.75 Å². The Balaban J connectivity index is 1.50. The molecule has 8 nitrogen and oxygen atoms in total. The number of aryl methyl sites for hydroxylation is 2. The number of benzene rings is 3. The van der Waals surface area contributed by atoms with Crippen molar-refractivity contribution < 1.29 is 9.84 Å². The maximum atomic E-state index is 10.3. The average molecular weight is 503 g/mol. The number of hydrogen-bond acceptors (Lipinski definition) is 8. The lowest BCUT2D eigenvalue weighted by molar-refractivity contribution is 0.235. The van der Waals surface area contributed by atoms with Crippen molar-refractivity contribution in [1.82, 2.24) is 14.9 Å². The molecule has 0 aliphatic carbocycles. The van der Waals surface area contributed by atoms with Crippen LogP contribution in [-0.4, -0.2) is 26.5 Å². The summed E-state index contributed by atoms with van der Waals surface area (Å²) in [6.45, 7) is 5.74. The summed E-state index contributed by atoms with van der Waals surface area (Å²) in [6.07, 6.45) is 0.690. The molecule has 4 aromatic rings. The van der Waals surface area contributed by atoms with E-state index in [0.29, 0.717) is 48.2 Å². The highest BCUT2D eigenvalue weighted by molar-refractivity contribution is 5.57. The second-order valence-electron chi connectivity index (χ2n) is 9.33. The first-order chi connectivity index (χ1) is 18.4. The van der Waals surface area contributed by atoms with Gasteiger partial charge >= 0.3 is 0 Å². The molecule has 3 aromatic carbocycles. The molecule has 2 heterocycles. The van der Waals surface area contributed by atoms with Crippen molar-refractivity contribution in [3.05, 3.63) is 99.7 Å². The number of nitriles is 2. The molecule has 5 rings (SSSR count). The quantitative estimate of drug-likeness (QED) is 0.348. The summed E-state index contributed by atoms with van der Waals surface area (Å²) in [7, 11) is 0. The SMILES string of the molecule is Cc1cc(C#N)cc(C)c1Oc1nc(Nc2ccc(C#N)cc2)nc2c1CN(Cc1ccccc1O)CC2. The largest absolute Gasteiger partial charge is 0.508 e. The fourth-order valence-electron chi connectivity index (χ4n) is 4.63. The Morgan fingerprint density at radius 3 is 2.37 bits per heavy atom. The smallest absolute Gasteiger partial charge is 0.230 e. The van der Waals surface area contributed by atoms with Gasteiger partial charge in [0.15, 0.2) is 0 Å². The van der Waals surface area contributed by atoms with Crippen LogP contribution in [0.2, 0.25) is 0 Å². The Morgan fingerprint density at radius 1 is 0.974 bits per heavy atom. The highest BCUT2D eigenvalue weighted by Gasteiger charge is 2.25. The first-order valence-electron chi connectivity index (χ1n) is 12.3. The zero-order valence-corrected chi connectivity index (χ0v) is 21.2. The van der Waals surface area contributed by atoms with Gasteiger partial charge in [-0.25, -0.2) is 4.98 Å². The van der Waals surface area contributed by atoms with Crippen molar-refractivity contribution in [3.8, 4) is 29.5 Å². The molecule has 0 bridgehead atoms. The number of anilines is 2. The van der Waals surface area contributed by atoms with Crippen LogP contribution >= 0.6 is 0 Å². The molecule has 0 fully saturated rings. The number of phenols is 1. The van der Waals surface area contributed by atoms with Crippen LogP contribution < -0.4 is 10.1 Å². The van der Waals surface area contributed by atoms with Gasteiger partial charge in [0.1, 0.15) is 11.5 Å². The predicted molar refractivity (Wildman–Crippen MR) is 143 cm³/mol. The molecule has 188 valence electrons. The van der Waals surface area contributed by atoms with Crippen LogP contribution in [0.3, 0.4) is 0 Å². The minimum Gasteiger partial charge on any atom is -0.508 e. The zero-order chi connectivity index (χ0) is 26.6. The van der Waals surface area contributed by atoms with E-state index in [1.165, 1.54) is 0 Å². The Kier molecular flexibility index (Phi) is 6.90. The number of hydrogen-bond donors (Lipinski definition) is 2. The van der Waals surface area contributed by atoms with Crippen molar-refractivity contribution in [2.75, 3.05) is 11.9 Å². The van der Waals surface area contributed by atoms with Crippen molar-refractivity contribution in [3.63, 3.8) is 0 Å². The standard InChI is InChI=1S/C30H26N6O2/c1-19-13-22(16-32)14-20(2)28(19)38-29-25-18-36(17-23-5-3-4-6-27(23)37)12-11-26(25)34-30(35-29)33-24-9-7-21(15-31)8-10-24/h3-10,13-14,37H,11-12,17-18H2,1-2H3,(H,33,34,35). The van der Waals surface area contributed by atoms with E-state index < -0.39 is 0 Å². The molecule has 1 aromatic heterocycles. The third kappa shape index (κ3) is 5.27. The van der Waals surface area contributed by atoms with Gasteiger partial charge < -0.3 is 15.2 Å². The lowest BCUT2D eigenvalue weighted by Crippen LogP contribution is -2.31. The molecular weight excluding hydrogens is 476 g/mol. The van der Waals surface area contributed by atoms with E-state index in [1.54, 1.807) is 30.3 Å². The second kappa shape index (κ2) is 10.6. The molecule has 8 heteroatoms. The molecule has 0 unspecified atom stereocenters. The van der Waals surface area contributed by atoms with Gasteiger partial charge in [-0.05, 0) is 67.4 Å². The highest BCUT2D eigenvalue weighted by atomic mass is 16.5. The van der Waals surface area contributed by atoms with Crippen molar-refractivity contribution in [1.29, 1.82) is 10.5 Å². The fourth-order valence-corrected chi connectivity index (χ4v) is 4.63. The summed E-state index contributed by atoms with van der Waals surface area (Å²) >= 11 is 0. The van der Waals surface area contributed by atoms with Gasteiger partial charge in [0, 0.05) is 37.3 Å². The summed E-state index contributed by atoms with van der Waals surface area (Å²) in [5.74, 6) is 1.79. The summed E-state index contributed by atoms with van der Waals surface area (Å²) < 4.78 is 6.46. The van der Waals surface area contributed by atoms with Gasteiger partial charge in [0.25, 0.3) is 0 Å². The molecule has 2 N–H and O–H groups in total. The summed E-state index contributed by atoms with van der Waals surface area (Å²) in [4.78, 5) is 11.8. The van der Waals surface area contributed by atoms with Crippen LogP contribution in [-0.2, 0) is 19.5 Å². The van der Waals surface area contributed by atoms with Crippen molar-refractivity contribution in [2.45, 2.75) is 33.4 Å². The van der Waals surface area contributed by atoms with E-state index in [9.17, 15) is 10.4 Å². The fraction of sp³-hybridized carbons (Fsp3) is 0.200. The number of nitrogens with zero attached hydrogens (tertiary/aromatic N) is 5. The summed E-state index contributed by atoms with van der Waals surface area (Å²) in [6, 6.07) is 22.4. The third-order valence-corrected chi connectivity index (χ3v) is 6.55. The highest BCUT2D eigenvalue weighted by Crippen LogP contribution is 2.35. The number of aromatic nitrogens is 2. The Bertz CT molecular complexity index is 1560. The molecule has 38 heavy (non-hydrogen) atoms. The van der Waals surface area contributed by atoms with Gasteiger partial charge in [-0.1, -0.05) is 18.2 Å². The van der Waals surface area contributed by atoms with E-state index in [1.807, 2.05) is 44.2 Å². The molecule has 0 saturated carbocycles. The Morgan fingerprint density at radius 2 is 1.68 bits per heavy atom. The number of aromatic hydroxyl groups is 1. The molecule has 1 aliphatic rings. The molecule has 0 amide bonds. The minimum absolute atomic E-state index is 0.275. The van der Waals surface area contributed by atoms with Gasteiger partial charge in [-0.2, -0.15) is 15.5 Å². The third-order valence-electron chi connectivity index (χ3n) is 6.55. The number of phenolic OH excluding ortho intramolecular Hbond substituents is 1. The zero-order valence-electron chi connectivity index (χ0n) is 21.2. The molecular formula is C30H26N6O2. The Labute approximate surface area is 221 Å². The molecule has 0 radical (unpaired) electrons. The van der Waals surface area contributed by atoms with Crippen molar-refractivity contribution in [2.24, 2.45) is 0 Å². The van der Waals surface area contributed by atoms with Gasteiger partial charge in [-0.15, -0.1) is 0 Å². The second-order valence-corrected chi connectivity index (χ2v) is 9.33. The monoisotopic (exact) mass is 502 g/mol. The number of ether oxygens (including phenoxy) is 1. The lowest BCUT2D eigenvalue weighted by atomic mass is 10.0. The van der Waals surface area contributed by atoms with Crippen molar-refractivity contribution >= 4 is 11.6 Å². The maximum absolute atomic E-state index is 10.3. The maximum Gasteiger partial charge on any atom is 0.230 e. The molecule has 1 aliphatic heterocycles. The van der Waals surface area contributed by atoms with E-state index in [0.717, 1.165) is 40.2 Å². The van der Waals surface area contributed by atoms with Gasteiger partial charge in [-0.3, -0.25) is 4.90 Å². The molecule has 0 atom stereocenters. The number of para-hydroxylation sites is 1. The Hall–Kier alpha value is -4.92. The van der Waals surface area contributed by atoms with Crippen LogP contribution in [0, 0.1) is 36.5 Å². The van der Waals surface area contributed by atoms with Crippen LogP contribution in [0.4, 0.5) is 11.6 Å². The van der Waals surface area contributed by atoms with Gasteiger partial charge in [0.05, 0.1) is 34.5 Å². The van der Waals surface area contributed by atoms with E-state index in [2.05, 4.69) is 22.4 Å². The van der Waals surface area contributed by atoms with Gasteiger partial charge in [0.2, 0.25) is 11.8 Å². The lowest BCUT2D eigenvalue weighted by Gasteiger charge is -2.29. The number of rotatable bonds is 6. The van der Waals surface area contributed by atoms with Crippen LogP contribution in [0.15, 0.2) is 60.7 Å². The average Bonchev–Trinajstić information content (AvgIpc) is 2.92. The molecule has 0 spiro atoms. The van der Waals surface area contributed by atoms with Crippen LogP contribution in [0.1, 0.15) is 39.1 Å². The molecule has 0 saturated heterocycles. The topological polar surface area (TPSA) is 118 Å². The minimum atomic E-state index is 0.275. The summed E-state index contributed by atoms with van der Waals surface area (Å²) in [5.41, 5.74) is 6.24. The van der Waals surface area contributed by atoms with E-state index in [4.69, 9.17) is 20.0 Å². The number of fused-ring (bicyclic) bond motifs is 1.